The van der Waals surface area contributed by atoms with Crippen LogP contribution in [0.4, 0.5) is 17.6 Å². The van der Waals surface area contributed by atoms with E-state index in [9.17, 15) is 36.7 Å². The first-order chi connectivity index (χ1) is 17.9. The first-order valence-electron chi connectivity index (χ1n) is 12.0. The summed E-state index contributed by atoms with van der Waals surface area (Å²) in [6.45, 7) is -1.10. The summed E-state index contributed by atoms with van der Waals surface area (Å²) >= 11 is 1.27. The second kappa shape index (κ2) is 11.2. The van der Waals surface area contributed by atoms with E-state index in [4.69, 9.17) is 0 Å². The van der Waals surface area contributed by atoms with E-state index in [0.29, 0.717) is 15.5 Å². The lowest BCUT2D eigenvalue weighted by Crippen LogP contribution is -2.54. The van der Waals surface area contributed by atoms with Gasteiger partial charge in [-0.25, -0.2) is 22.5 Å². The molecule has 1 aliphatic heterocycles. The van der Waals surface area contributed by atoms with Crippen molar-refractivity contribution in [2.24, 2.45) is 5.92 Å². The Labute approximate surface area is 219 Å². The molecule has 3 amide bonds. The monoisotopic (exact) mass is 554 g/mol. The molecule has 8 nitrogen and oxygen atoms in total. The zero-order valence-corrected chi connectivity index (χ0v) is 21.0. The van der Waals surface area contributed by atoms with Crippen LogP contribution in [0.5, 0.6) is 0 Å². The van der Waals surface area contributed by atoms with Crippen LogP contribution >= 0.6 is 11.3 Å². The molecule has 4 rings (SSSR count). The van der Waals surface area contributed by atoms with Gasteiger partial charge in [0, 0.05) is 43.2 Å². The Hall–Kier alpha value is -3.35. The van der Waals surface area contributed by atoms with Crippen LogP contribution in [0.15, 0.2) is 41.9 Å². The average Bonchev–Trinajstić information content (AvgIpc) is 3.60. The molecule has 2 heterocycles. The van der Waals surface area contributed by atoms with Gasteiger partial charge in [-0.2, -0.15) is 0 Å². The molecule has 1 unspecified atom stereocenters. The standard InChI is InChI=1S/C25H26F4N4O4S/c26-24(27)7-6-16(11-24)23(37)33-14-25(28,29)12-18(33)21(35)32-17(10-15-4-2-1-3-5-15)20(34)22(36)31-13-19-30-8-9-38-19/h1-5,8-9,16-18H,6-7,10-14H2,(H,31,36)(H,32,35)/t16?,17-,18-/m1/s1. The van der Waals surface area contributed by atoms with Crippen LogP contribution < -0.4 is 10.6 Å². The number of carbonyl (C=O) groups is 4. The highest BCUT2D eigenvalue weighted by molar-refractivity contribution is 7.09. The van der Waals surface area contributed by atoms with Crippen LogP contribution in [0.2, 0.25) is 0 Å². The fourth-order valence-electron chi connectivity index (χ4n) is 4.75. The first-order valence-corrected chi connectivity index (χ1v) is 12.9. The normalized spacial score (nSPS) is 22.6. The minimum absolute atomic E-state index is 0.0165. The summed E-state index contributed by atoms with van der Waals surface area (Å²) < 4.78 is 56.0. The third kappa shape index (κ3) is 6.74. The van der Waals surface area contributed by atoms with E-state index in [1.54, 1.807) is 35.7 Å². The van der Waals surface area contributed by atoms with Gasteiger partial charge in [0.2, 0.25) is 23.5 Å². The Kier molecular flexibility index (Phi) is 8.14. The van der Waals surface area contributed by atoms with Gasteiger partial charge < -0.3 is 15.5 Å². The van der Waals surface area contributed by atoms with Gasteiger partial charge in [0.25, 0.3) is 11.8 Å². The van der Waals surface area contributed by atoms with Crippen molar-refractivity contribution >= 4 is 34.8 Å². The highest BCUT2D eigenvalue weighted by Crippen LogP contribution is 2.42. The number of thiazole rings is 1. The van der Waals surface area contributed by atoms with Gasteiger partial charge in [-0.05, 0) is 12.0 Å². The van der Waals surface area contributed by atoms with Gasteiger partial charge in [0.05, 0.1) is 13.1 Å². The Morgan fingerprint density at radius 2 is 1.82 bits per heavy atom. The van der Waals surface area contributed by atoms with Crippen molar-refractivity contribution in [3.63, 3.8) is 0 Å². The van der Waals surface area contributed by atoms with Crippen LogP contribution in [-0.2, 0) is 32.1 Å². The van der Waals surface area contributed by atoms with E-state index in [2.05, 4.69) is 15.6 Å². The van der Waals surface area contributed by atoms with Gasteiger partial charge in [-0.1, -0.05) is 30.3 Å². The third-order valence-electron chi connectivity index (χ3n) is 6.63. The maximum atomic E-state index is 14.4. The average molecular weight is 555 g/mol. The summed E-state index contributed by atoms with van der Waals surface area (Å²) in [6.07, 6.45) is -1.07. The van der Waals surface area contributed by atoms with E-state index < -0.39 is 79.2 Å². The van der Waals surface area contributed by atoms with Crippen molar-refractivity contribution in [2.75, 3.05) is 6.54 Å². The summed E-state index contributed by atoms with van der Waals surface area (Å²) in [5.41, 5.74) is 0.594. The lowest BCUT2D eigenvalue weighted by Gasteiger charge is -2.27. The highest BCUT2D eigenvalue weighted by Gasteiger charge is 2.53. The van der Waals surface area contributed by atoms with E-state index in [1.165, 1.54) is 17.5 Å². The molecule has 1 aliphatic carbocycles. The number of benzene rings is 1. The van der Waals surface area contributed by atoms with Crippen LogP contribution in [0.3, 0.4) is 0 Å². The number of Topliss-reactive ketones (excluding diaryl/α,β-unsaturated/α-hetero) is 1. The quantitative estimate of drug-likeness (QED) is 0.366. The van der Waals surface area contributed by atoms with Crippen LogP contribution in [-0.4, -0.2) is 63.9 Å². The number of aromatic nitrogens is 1. The molecule has 38 heavy (non-hydrogen) atoms. The molecule has 1 aromatic heterocycles. The Bertz CT molecular complexity index is 1180. The van der Waals surface area contributed by atoms with Crippen molar-refractivity contribution in [1.82, 2.24) is 20.5 Å². The molecule has 2 aliphatic rings. The van der Waals surface area contributed by atoms with Crippen molar-refractivity contribution in [3.8, 4) is 0 Å². The molecule has 2 aromatic rings. The number of rotatable bonds is 9. The smallest absolute Gasteiger partial charge is 0.289 e. The summed E-state index contributed by atoms with van der Waals surface area (Å²) in [5.74, 6) is -11.7. The summed E-state index contributed by atoms with van der Waals surface area (Å²) in [6, 6.07) is 5.36. The number of alkyl halides is 4. The number of amides is 3. The fourth-order valence-corrected chi connectivity index (χ4v) is 5.30. The van der Waals surface area contributed by atoms with Gasteiger partial charge in [0.15, 0.2) is 0 Å². The molecule has 0 bridgehead atoms. The molecular formula is C25H26F4N4O4S. The predicted molar refractivity (Wildman–Crippen MR) is 128 cm³/mol. The molecular weight excluding hydrogens is 528 g/mol. The van der Waals surface area contributed by atoms with Crippen LogP contribution in [0, 0.1) is 5.92 Å². The van der Waals surface area contributed by atoms with Gasteiger partial charge >= 0.3 is 0 Å². The first kappa shape index (κ1) is 27.7. The van der Waals surface area contributed by atoms with E-state index in [0.717, 1.165) is 0 Å². The number of ketones is 1. The second-order valence-electron chi connectivity index (χ2n) is 9.56. The maximum absolute atomic E-state index is 14.4. The van der Waals surface area contributed by atoms with E-state index in [-0.39, 0.29) is 19.4 Å². The molecule has 3 atom stereocenters. The fraction of sp³-hybridized carbons (Fsp3) is 0.480. The molecule has 1 saturated heterocycles. The molecule has 1 aromatic carbocycles. The van der Waals surface area contributed by atoms with Gasteiger partial charge in [-0.15, -0.1) is 11.3 Å². The number of nitrogens with one attached hydrogen (secondary N) is 2. The van der Waals surface area contributed by atoms with E-state index >= 15 is 0 Å². The summed E-state index contributed by atoms with van der Waals surface area (Å²) in [4.78, 5) is 56.3. The molecule has 1 saturated carbocycles. The maximum Gasteiger partial charge on any atom is 0.289 e. The predicted octanol–water partition coefficient (Wildman–Crippen LogP) is 2.73. The largest absolute Gasteiger partial charge is 0.344 e. The Morgan fingerprint density at radius 1 is 1.08 bits per heavy atom. The topological polar surface area (TPSA) is 108 Å². The van der Waals surface area contributed by atoms with Crippen molar-refractivity contribution in [3.05, 3.63) is 52.5 Å². The minimum atomic E-state index is -3.41. The zero-order valence-electron chi connectivity index (χ0n) is 20.2. The molecule has 204 valence electrons. The highest BCUT2D eigenvalue weighted by atomic mass is 32.1. The number of hydrogen-bond acceptors (Lipinski definition) is 6. The third-order valence-corrected chi connectivity index (χ3v) is 7.41. The molecule has 13 heteroatoms. The molecule has 0 radical (unpaired) electrons. The Balaban J connectivity index is 1.49. The van der Waals surface area contributed by atoms with Crippen LogP contribution in [0.1, 0.15) is 36.3 Å². The Morgan fingerprint density at radius 3 is 2.45 bits per heavy atom. The molecule has 2 fully saturated rings. The summed E-state index contributed by atoms with van der Waals surface area (Å²) in [7, 11) is 0. The number of nitrogens with zero attached hydrogens (tertiary/aromatic N) is 2. The zero-order chi connectivity index (χ0) is 27.5. The van der Waals surface area contributed by atoms with Gasteiger partial charge in [-0.3, -0.25) is 19.2 Å². The van der Waals surface area contributed by atoms with Crippen molar-refractivity contribution < 1.29 is 36.7 Å². The lowest BCUT2D eigenvalue weighted by molar-refractivity contribution is -0.144. The molecule has 2 N–H and O–H groups in total. The molecule has 0 spiro atoms. The minimum Gasteiger partial charge on any atom is -0.344 e. The number of likely N-dealkylation sites (tertiary alicyclic amines) is 1. The number of halogens is 4. The van der Waals surface area contributed by atoms with Crippen LogP contribution in [0.25, 0.3) is 0 Å². The van der Waals surface area contributed by atoms with E-state index in [1.807, 2.05) is 0 Å². The SMILES string of the molecule is O=C(NCc1nccs1)C(=O)[C@@H](Cc1ccccc1)NC(=O)[C@H]1CC(F)(F)CN1C(=O)C1CCC(F)(F)C1. The number of carbonyl (C=O) groups excluding carboxylic acids is 4. The van der Waals surface area contributed by atoms with Crippen molar-refractivity contribution in [2.45, 2.75) is 62.6 Å². The van der Waals surface area contributed by atoms with Gasteiger partial charge in [0.1, 0.15) is 17.1 Å². The summed E-state index contributed by atoms with van der Waals surface area (Å²) in [5, 5.41) is 7.05. The second-order valence-corrected chi connectivity index (χ2v) is 10.5. The van der Waals surface area contributed by atoms with Crippen molar-refractivity contribution in [1.29, 1.82) is 0 Å². The lowest BCUT2D eigenvalue weighted by atomic mass is 10.0. The number of hydrogen-bond donors (Lipinski definition) is 2.